The SMILES string of the molecule is CC1(C2CCCC2)CC(=O)N(CCC=O)N1. The van der Waals surface area contributed by atoms with Crippen molar-refractivity contribution in [1.82, 2.24) is 10.4 Å². The fourth-order valence-electron chi connectivity index (χ4n) is 2.98. The van der Waals surface area contributed by atoms with Gasteiger partial charge in [0.25, 0.3) is 0 Å². The quantitative estimate of drug-likeness (QED) is 0.731. The number of nitrogens with one attached hydrogen (secondary N) is 1. The van der Waals surface area contributed by atoms with E-state index in [-0.39, 0.29) is 11.4 Å². The molecule has 0 aromatic rings. The Morgan fingerprint density at radius 3 is 2.81 bits per heavy atom. The highest BCUT2D eigenvalue weighted by Gasteiger charge is 2.44. The summed E-state index contributed by atoms with van der Waals surface area (Å²) in [6, 6.07) is 0. The van der Waals surface area contributed by atoms with Crippen LogP contribution in [0.4, 0.5) is 0 Å². The Bertz CT molecular complexity index is 287. The average Bonchev–Trinajstić information content (AvgIpc) is 2.84. The minimum atomic E-state index is -0.0729. The van der Waals surface area contributed by atoms with Gasteiger partial charge in [-0.15, -0.1) is 0 Å². The number of amides is 1. The van der Waals surface area contributed by atoms with Gasteiger partial charge in [-0.25, -0.2) is 5.43 Å². The smallest absolute Gasteiger partial charge is 0.238 e. The summed E-state index contributed by atoms with van der Waals surface area (Å²) in [7, 11) is 0. The number of aldehydes is 1. The van der Waals surface area contributed by atoms with Crippen LogP contribution in [0.5, 0.6) is 0 Å². The molecule has 1 aliphatic heterocycles. The molecule has 0 aromatic carbocycles. The molecule has 0 radical (unpaired) electrons. The number of carbonyl (C=O) groups excluding carboxylic acids is 2. The van der Waals surface area contributed by atoms with Crippen LogP contribution in [0.15, 0.2) is 0 Å². The van der Waals surface area contributed by atoms with Crippen LogP contribution in [-0.4, -0.2) is 29.3 Å². The number of hydrazine groups is 1. The molecule has 1 atom stereocenters. The van der Waals surface area contributed by atoms with Gasteiger partial charge in [0, 0.05) is 24.9 Å². The Labute approximate surface area is 96.3 Å². The summed E-state index contributed by atoms with van der Waals surface area (Å²) >= 11 is 0. The number of hydrogen-bond acceptors (Lipinski definition) is 3. The lowest BCUT2D eigenvalue weighted by atomic mass is 9.83. The van der Waals surface area contributed by atoms with Crippen LogP contribution in [0.25, 0.3) is 0 Å². The summed E-state index contributed by atoms with van der Waals surface area (Å²) in [5.74, 6) is 0.744. The first-order valence-corrected chi connectivity index (χ1v) is 6.17. The van der Waals surface area contributed by atoms with Crippen molar-refractivity contribution in [2.45, 2.75) is 51.0 Å². The summed E-state index contributed by atoms with van der Waals surface area (Å²) < 4.78 is 0. The predicted molar refractivity (Wildman–Crippen MR) is 60.5 cm³/mol. The standard InChI is InChI=1S/C12H20N2O2/c1-12(10-5-2-3-6-10)9-11(16)14(13-12)7-4-8-15/h8,10,13H,2-7,9H2,1H3. The van der Waals surface area contributed by atoms with E-state index in [9.17, 15) is 9.59 Å². The third-order valence-electron chi connectivity index (χ3n) is 3.94. The van der Waals surface area contributed by atoms with E-state index < -0.39 is 0 Å². The molecule has 4 nitrogen and oxygen atoms in total. The molecular weight excluding hydrogens is 204 g/mol. The van der Waals surface area contributed by atoms with Gasteiger partial charge in [0.05, 0.1) is 0 Å². The number of nitrogens with zero attached hydrogens (tertiary/aromatic N) is 1. The molecule has 0 bridgehead atoms. The van der Waals surface area contributed by atoms with Crippen molar-refractivity contribution in [1.29, 1.82) is 0 Å². The molecule has 0 aromatic heterocycles. The van der Waals surface area contributed by atoms with Crippen molar-refractivity contribution in [3.8, 4) is 0 Å². The van der Waals surface area contributed by atoms with E-state index in [0.717, 1.165) is 6.29 Å². The van der Waals surface area contributed by atoms with E-state index in [0.29, 0.717) is 25.3 Å². The van der Waals surface area contributed by atoms with Gasteiger partial charge < -0.3 is 4.79 Å². The molecule has 1 unspecified atom stereocenters. The van der Waals surface area contributed by atoms with Gasteiger partial charge >= 0.3 is 0 Å². The van der Waals surface area contributed by atoms with Crippen molar-refractivity contribution < 1.29 is 9.59 Å². The van der Waals surface area contributed by atoms with Crippen molar-refractivity contribution in [3.63, 3.8) is 0 Å². The van der Waals surface area contributed by atoms with Crippen molar-refractivity contribution >= 4 is 12.2 Å². The highest BCUT2D eigenvalue weighted by atomic mass is 16.2. The van der Waals surface area contributed by atoms with E-state index in [2.05, 4.69) is 12.3 Å². The molecule has 1 N–H and O–H groups in total. The Kier molecular flexibility index (Phi) is 3.28. The van der Waals surface area contributed by atoms with Crippen molar-refractivity contribution in [2.75, 3.05) is 6.54 Å². The van der Waals surface area contributed by atoms with Gasteiger partial charge in [-0.05, 0) is 25.7 Å². The van der Waals surface area contributed by atoms with Crippen LogP contribution < -0.4 is 5.43 Å². The van der Waals surface area contributed by atoms with Crippen molar-refractivity contribution in [3.05, 3.63) is 0 Å². The Morgan fingerprint density at radius 2 is 2.19 bits per heavy atom. The molecule has 2 fully saturated rings. The second-order valence-corrected chi connectivity index (χ2v) is 5.19. The zero-order chi connectivity index (χ0) is 11.6. The lowest BCUT2D eigenvalue weighted by molar-refractivity contribution is -0.129. The second kappa shape index (κ2) is 4.53. The van der Waals surface area contributed by atoms with Crippen molar-refractivity contribution in [2.24, 2.45) is 5.92 Å². The normalized spacial score (nSPS) is 31.3. The number of carbonyl (C=O) groups is 2. The first-order chi connectivity index (χ1) is 7.65. The van der Waals surface area contributed by atoms with E-state index in [1.165, 1.54) is 25.7 Å². The lowest BCUT2D eigenvalue weighted by Crippen LogP contribution is -2.48. The molecule has 90 valence electrons. The molecule has 1 saturated heterocycles. The summed E-state index contributed by atoms with van der Waals surface area (Å²) in [5, 5.41) is 1.63. The van der Waals surface area contributed by atoms with E-state index in [1.54, 1.807) is 5.01 Å². The summed E-state index contributed by atoms with van der Waals surface area (Å²) in [6.07, 6.45) is 6.86. The maximum atomic E-state index is 11.8. The minimum absolute atomic E-state index is 0.0729. The second-order valence-electron chi connectivity index (χ2n) is 5.19. The monoisotopic (exact) mass is 224 g/mol. The average molecular weight is 224 g/mol. The fraction of sp³-hybridized carbons (Fsp3) is 0.833. The maximum absolute atomic E-state index is 11.8. The largest absolute Gasteiger partial charge is 0.303 e. The van der Waals surface area contributed by atoms with Crippen LogP contribution in [0, 0.1) is 5.92 Å². The van der Waals surface area contributed by atoms with E-state index in [4.69, 9.17) is 0 Å². The molecule has 2 rings (SSSR count). The zero-order valence-corrected chi connectivity index (χ0v) is 9.87. The Hall–Kier alpha value is -0.900. The highest BCUT2D eigenvalue weighted by molar-refractivity contribution is 5.79. The summed E-state index contributed by atoms with van der Waals surface area (Å²) in [4.78, 5) is 22.1. The lowest BCUT2D eigenvalue weighted by Gasteiger charge is -2.31. The number of hydrogen-bond donors (Lipinski definition) is 1. The molecule has 2 aliphatic rings. The van der Waals surface area contributed by atoms with Gasteiger partial charge in [0.2, 0.25) is 5.91 Å². The van der Waals surface area contributed by atoms with Crippen LogP contribution in [0.2, 0.25) is 0 Å². The van der Waals surface area contributed by atoms with Crippen LogP contribution >= 0.6 is 0 Å². The van der Waals surface area contributed by atoms with E-state index >= 15 is 0 Å². The first-order valence-electron chi connectivity index (χ1n) is 6.17. The topological polar surface area (TPSA) is 49.4 Å². The van der Waals surface area contributed by atoms with Gasteiger partial charge in [-0.3, -0.25) is 9.80 Å². The summed E-state index contributed by atoms with van der Waals surface area (Å²) in [5.41, 5.74) is 3.25. The summed E-state index contributed by atoms with van der Waals surface area (Å²) in [6.45, 7) is 2.65. The third-order valence-corrected chi connectivity index (χ3v) is 3.94. The Balaban J connectivity index is 1.97. The Morgan fingerprint density at radius 1 is 1.50 bits per heavy atom. The first kappa shape index (κ1) is 11.6. The van der Waals surface area contributed by atoms with E-state index in [1.807, 2.05) is 0 Å². The van der Waals surface area contributed by atoms with Crippen LogP contribution in [-0.2, 0) is 9.59 Å². The third kappa shape index (κ3) is 2.12. The molecule has 16 heavy (non-hydrogen) atoms. The zero-order valence-electron chi connectivity index (χ0n) is 9.87. The van der Waals surface area contributed by atoms with Gasteiger partial charge in [-0.1, -0.05) is 12.8 Å². The van der Waals surface area contributed by atoms with Gasteiger partial charge in [0.1, 0.15) is 6.29 Å². The van der Waals surface area contributed by atoms with Crippen LogP contribution in [0.1, 0.15) is 45.4 Å². The molecule has 1 heterocycles. The minimum Gasteiger partial charge on any atom is -0.303 e. The van der Waals surface area contributed by atoms with Crippen LogP contribution in [0.3, 0.4) is 0 Å². The molecule has 1 amide bonds. The highest BCUT2D eigenvalue weighted by Crippen LogP contribution is 2.38. The molecule has 1 saturated carbocycles. The van der Waals surface area contributed by atoms with Gasteiger partial charge in [-0.2, -0.15) is 0 Å². The maximum Gasteiger partial charge on any atom is 0.238 e. The van der Waals surface area contributed by atoms with Gasteiger partial charge in [0.15, 0.2) is 0 Å². The molecule has 4 heteroatoms. The fourth-order valence-corrected chi connectivity index (χ4v) is 2.98. The molecule has 0 spiro atoms. The predicted octanol–water partition coefficient (Wildman–Crippen LogP) is 1.26. The molecular formula is C12H20N2O2. The number of rotatable bonds is 4. The molecule has 1 aliphatic carbocycles.